The number of nitrogen functional groups attached to an aromatic ring is 2. The number of nitrogens with two attached hydrogens (primary N) is 2. The molecule has 132 valence electrons. The first kappa shape index (κ1) is 17.2. The van der Waals surface area contributed by atoms with Crippen molar-refractivity contribution in [2.45, 2.75) is 6.54 Å². The number of nitro benzene ring substituents is 1. The van der Waals surface area contributed by atoms with Gasteiger partial charge in [-0.15, -0.1) is 0 Å². The van der Waals surface area contributed by atoms with Crippen molar-refractivity contribution in [3.63, 3.8) is 0 Å². The quantitative estimate of drug-likeness (QED) is 0.535. The van der Waals surface area contributed by atoms with E-state index in [2.05, 4.69) is 9.97 Å². The standard InChI is InChI=1S/C18H18N6O2/c1-23(11-12-5-3-2-4-6-12)15-8-7-13(9-16(15)24(25)26)14-10-21-18(20)22-17(14)19/h2-10H,11H2,1H3,(H4,19,20,21,22). The first-order valence-corrected chi connectivity index (χ1v) is 7.87. The third-order valence-electron chi connectivity index (χ3n) is 3.99. The van der Waals surface area contributed by atoms with Crippen LogP contribution in [0, 0.1) is 10.1 Å². The SMILES string of the molecule is CN(Cc1ccccc1)c1ccc(-c2cnc(N)nc2N)cc1[N+](=O)[O-]. The lowest BCUT2D eigenvalue weighted by molar-refractivity contribution is -0.384. The van der Waals surface area contributed by atoms with Crippen LogP contribution in [0.25, 0.3) is 11.1 Å². The van der Waals surface area contributed by atoms with E-state index in [0.717, 1.165) is 5.56 Å². The highest BCUT2D eigenvalue weighted by atomic mass is 16.6. The first-order chi connectivity index (χ1) is 12.5. The minimum absolute atomic E-state index is 0.0165. The summed E-state index contributed by atoms with van der Waals surface area (Å²) in [5.74, 6) is 0.233. The summed E-state index contributed by atoms with van der Waals surface area (Å²) in [6.45, 7) is 0.550. The largest absolute Gasteiger partial charge is 0.383 e. The van der Waals surface area contributed by atoms with Crippen molar-refractivity contribution in [2.24, 2.45) is 0 Å². The summed E-state index contributed by atoms with van der Waals surface area (Å²) in [7, 11) is 1.82. The first-order valence-electron chi connectivity index (χ1n) is 7.87. The molecule has 0 saturated carbocycles. The van der Waals surface area contributed by atoms with Crippen molar-refractivity contribution >= 4 is 23.1 Å². The van der Waals surface area contributed by atoms with Crippen LogP contribution in [0.3, 0.4) is 0 Å². The van der Waals surface area contributed by atoms with E-state index in [4.69, 9.17) is 11.5 Å². The third kappa shape index (κ3) is 3.54. The summed E-state index contributed by atoms with van der Waals surface area (Å²) in [5, 5.41) is 11.6. The third-order valence-corrected chi connectivity index (χ3v) is 3.99. The number of rotatable bonds is 5. The Morgan fingerprint density at radius 2 is 1.88 bits per heavy atom. The number of benzene rings is 2. The molecule has 0 aliphatic heterocycles. The minimum Gasteiger partial charge on any atom is -0.383 e. The van der Waals surface area contributed by atoms with E-state index in [0.29, 0.717) is 23.4 Å². The molecule has 3 aromatic rings. The van der Waals surface area contributed by atoms with Gasteiger partial charge in [-0.2, -0.15) is 4.98 Å². The molecule has 0 atom stereocenters. The molecule has 1 aromatic heterocycles. The van der Waals surface area contributed by atoms with E-state index in [9.17, 15) is 10.1 Å². The molecule has 0 amide bonds. The average molecular weight is 350 g/mol. The van der Waals surface area contributed by atoms with Crippen LogP contribution in [0.4, 0.5) is 23.1 Å². The number of nitro groups is 1. The fraction of sp³-hybridized carbons (Fsp3) is 0.111. The Kier molecular flexibility index (Phi) is 4.66. The number of anilines is 3. The van der Waals surface area contributed by atoms with Gasteiger partial charge in [-0.05, 0) is 17.2 Å². The van der Waals surface area contributed by atoms with Crippen molar-refractivity contribution in [1.29, 1.82) is 0 Å². The van der Waals surface area contributed by atoms with E-state index >= 15 is 0 Å². The molecule has 0 bridgehead atoms. The highest BCUT2D eigenvalue weighted by molar-refractivity contribution is 5.79. The molecule has 8 nitrogen and oxygen atoms in total. The van der Waals surface area contributed by atoms with Crippen molar-refractivity contribution in [3.05, 3.63) is 70.4 Å². The van der Waals surface area contributed by atoms with Crippen LogP contribution in [0.5, 0.6) is 0 Å². The smallest absolute Gasteiger partial charge is 0.293 e. The zero-order valence-electron chi connectivity index (χ0n) is 14.2. The molecule has 0 unspecified atom stereocenters. The fourth-order valence-electron chi connectivity index (χ4n) is 2.73. The maximum absolute atomic E-state index is 11.6. The second-order valence-corrected chi connectivity index (χ2v) is 5.83. The molecule has 0 spiro atoms. The Labute approximate surface area is 150 Å². The highest BCUT2D eigenvalue weighted by Gasteiger charge is 2.19. The van der Waals surface area contributed by atoms with Gasteiger partial charge in [0.1, 0.15) is 11.5 Å². The van der Waals surface area contributed by atoms with Crippen LogP contribution in [-0.4, -0.2) is 21.9 Å². The molecule has 0 aliphatic carbocycles. The Morgan fingerprint density at radius 3 is 2.54 bits per heavy atom. The second kappa shape index (κ2) is 7.06. The van der Waals surface area contributed by atoms with Crippen molar-refractivity contribution in [1.82, 2.24) is 9.97 Å². The molecule has 0 fully saturated rings. The van der Waals surface area contributed by atoms with Crippen LogP contribution in [0.2, 0.25) is 0 Å². The Hall–Kier alpha value is -3.68. The van der Waals surface area contributed by atoms with E-state index in [1.165, 1.54) is 12.3 Å². The predicted molar refractivity (Wildman–Crippen MR) is 101 cm³/mol. The van der Waals surface area contributed by atoms with Crippen molar-refractivity contribution < 1.29 is 4.92 Å². The van der Waals surface area contributed by atoms with Gasteiger partial charge < -0.3 is 16.4 Å². The Balaban J connectivity index is 1.98. The lowest BCUT2D eigenvalue weighted by Crippen LogP contribution is -2.17. The monoisotopic (exact) mass is 350 g/mol. The van der Waals surface area contributed by atoms with E-state index in [1.807, 2.05) is 42.3 Å². The molecule has 0 aliphatic rings. The van der Waals surface area contributed by atoms with Crippen LogP contribution in [-0.2, 0) is 6.54 Å². The number of hydrogen-bond donors (Lipinski definition) is 2. The molecule has 4 N–H and O–H groups in total. The zero-order valence-corrected chi connectivity index (χ0v) is 14.2. The van der Waals surface area contributed by atoms with Gasteiger partial charge in [0, 0.05) is 31.4 Å². The second-order valence-electron chi connectivity index (χ2n) is 5.83. The maximum atomic E-state index is 11.6. The summed E-state index contributed by atoms with van der Waals surface area (Å²) in [6, 6.07) is 14.7. The molecular formula is C18H18N6O2. The maximum Gasteiger partial charge on any atom is 0.293 e. The van der Waals surface area contributed by atoms with Gasteiger partial charge in [-0.3, -0.25) is 10.1 Å². The number of aromatic nitrogens is 2. The lowest BCUT2D eigenvalue weighted by atomic mass is 10.1. The van der Waals surface area contributed by atoms with E-state index < -0.39 is 4.92 Å². The van der Waals surface area contributed by atoms with Gasteiger partial charge in [-0.25, -0.2) is 4.98 Å². The highest BCUT2D eigenvalue weighted by Crippen LogP contribution is 2.34. The molecule has 26 heavy (non-hydrogen) atoms. The van der Waals surface area contributed by atoms with Crippen molar-refractivity contribution in [3.8, 4) is 11.1 Å². The molecule has 3 rings (SSSR count). The molecule has 0 radical (unpaired) electrons. The van der Waals surface area contributed by atoms with Crippen LogP contribution in [0.1, 0.15) is 5.56 Å². The van der Waals surface area contributed by atoms with Gasteiger partial charge in [0.05, 0.1) is 4.92 Å². The molecule has 2 aromatic carbocycles. The lowest BCUT2D eigenvalue weighted by Gasteiger charge is -2.20. The summed E-state index contributed by atoms with van der Waals surface area (Å²) < 4.78 is 0. The number of nitrogens with zero attached hydrogens (tertiary/aromatic N) is 4. The Bertz CT molecular complexity index is 946. The van der Waals surface area contributed by atoms with Gasteiger partial charge in [-0.1, -0.05) is 36.4 Å². The summed E-state index contributed by atoms with van der Waals surface area (Å²) >= 11 is 0. The van der Waals surface area contributed by atoms with E-state index in [1.54, 1.807) is 12.1 Å². The molecule has 0 saturated heterocycles. The average Bonchev–Trinajstić information content (AvgIpc) is 2.62. The van der Waals surface area contributed by atoms with Crippen LogP contribution < -0.4 is 16.4 Å². The normalized spacial score (nSPS) is 10.5. The fourth-order valence-corrected chi connectivity index (χ4v) is 2.73. The topological polar surface area (TPSA) is 124 Å². The van der Waals surface area contributed by atoms with Gasteiger partial charge in [0.2, 0.25) is 5.95 Å². The van der Waals surface area contributed by atoms with Crippen LogP contribution in [0.15, 0.2) is 54.7 Å². The number of hydrogen-bond acceptors (Lipinski definition) is 7. The zero-order chi connectivity index (χ0) is 18.7. The summed E-state index contributed by atoms with van der Waals surface area (Å²) in [5.41, 5.74) is 14.0. The molecular weight excluding hydrogens is 332 g/mol. The molecule has 8 heteroatoms. The van der Waals surface area contributed by atoms with E-state index in [-0.39, 0.29) is 17.5 Å². The molecule has 1 heterocycles. The predicted octanol–water partition coefficient (Wildman–Crippen LogP) is 2.85. The summed E-state index contributed by atoms with van der Waals surface area (Å²) in [6.07, 6.45) is 1.46. The minimum atomic E-state index is -0.408. The van der Waals surface area contributed by atoms with Crippen LogP contribution >= 0.6 is 0 Å². The summed E-state index contributed by atoms with van der Waals surface area (Å²) in [4.78, 5) is 20.8. The van der Waals surface area contributed by atoms with Gasteiger partial charge in [0.15, 0.2) is 0 Å². The van der Waals surface area contributed by atoms with Gasteiger partial charge in [0.25, 0.3) is 5.69 Å². The van der Waals surface area contributed by atoms with Crippen molar-refractivity contribution in [2.75, 3.05) is 23.4 Å². The van der Waals surface area contributed by atoms with Gasteiger partial charge >= 0.3 is 0 Å². The Morgan fingerprint density at radius 1 is 1.15 bits per heavy atom.